The molecule has 130 valence electrons. The normalized spacial score (nSPS) is 19.0. The van der Waals surface area contributed by atoms with Gasteiger partial charge in [-0.25, -0.2) is 12.7 Å². The average molecular weight is 341 g/mol. The molecule has 0 aromatic heterocycles. The second-order valence-corrected chi connectivity index (χ2v) is 7.98. The Morgan fingerprint density at radius 1 is 1.35 bits per heavy atom. The summed E-state index contributed by atoms with van der Waals surface area (Å²) in [6.07, 6.45) is 4.95. The molecule has 1 aromatic carbocycles. The lowest BCUT2D eigenvalue weighted by atomic mass is 10.1. The number of hydrogen-bond donors (Lipinski definition) is 0. The molecular weight excluding hydrogens is 314 g/mol. The first-order valence-electron chi connectivity index (χ1n) is 8.24. The van der Waals surface area contributed by atoms with E-state index in [0.717, 1.165) is 43.6 Å². The maximum absolute atomic E-state index is 12.7. The van der Waals surface area contributed by atoms with Crippen molar-refractivity contribution in [3.63, 3.8) is 0 Å². The Labute approximate surface area is 139 Å². The van der Waals surface area contributed by atoms with E-state index in [-0.39, 0.29) is 6.10 Å². The van der Waals surface area contributed by atoms with Gasteiger partial charge in [0.2, 0.25) is 10.0 Å². The van der Waals surface area contributed by atoms with E-state index in [1.165, 1.54) is 10.7 Å². The summed E-state index contributed by atoms with van der Waals surface area (Å²) in [6, 6.07) is 5.05. The number of sulfonamides is 1. The molecule has 1 atom stereocenters. The first-order valence-corrected chi connectivity index (χ1v) is 9.68. The molecule has 1 aromatic rings. The molecule has 1 unspecified atom stereocenters. The van der Waals surface area contributed by atoms with Gasteiger partial charge in [-0.15, -0.1) is 0 Å². The number of benzene rings is 1. The maximum Gasteiger partial charge on any atom is 0.242 e. The van der Waals surface area contributed by atoms with Crippen LogP contribution in [0, 0.1) is 0 Å². The van der Waals surface area contributed by atoms with Gasteiger partial charge in [0.15, 0.2) is 0 Å². The van der Waals surface area contributed by atoms with Crippen molar-refractivity contribution in [3.05, 3.63) is 23.8 Å². The molecule has 1 heterocycles. The topological polar surface area (TPSA) is 55.8 Å². The van der Waals surface area contributed by atoms with Crippen molar-refractivity contribution in [2.45, 2.75) is 50.0 Å². The van der Waals surface area contributed by atoms with Crippen molar-refractivity contribution in [3.8, 4) is 5.75 Å². The fourth-order valence-electron chi connectivity index (χ4n) is 2.85. The molecule has 0 spiro atoms. The molecule has 0 aliphatic carbocycles. The molecule has 1 saturated heterocycles. The van der Waals surface area contributed by atoms with Gasteiger partial charge in [0.25, 0.3) is 0 Å². The Hall–Kier alpha value is -1.11. The molecule has 1 aliphatic rings. The predicted octanol–water partition coefficient (Wildman–Crippen LogP) is 2.84. The molecule has 23 heavy (non-hydrogen) atoms. The number of ether oxygens (including phenoxy) is 2. The second kappa shape index (κ2) is 8.13. The molecular formula is C17H27NO4S. The van der Waals surface area contributed by atoms with Crippen molar-refractivity contribution in [1.82, 2.24) is 4.31 Å². The third kappa shape index (κ3) is 4.46. The minimum absolute atomic E-state index is 0.184. The van der Waals surface area contributed by atoms with Crippen molar-refractivity contribution in [2.75, 3.05) is 27.3 Å². The SMILES string of the molecule is CCc1cc(S(=O)(=O)N(C)CCC2CCCCO2)ccc1OC. The summed E-state index contributed by atoms with van der Waals surface area (Å²) in [5.74, 6) is 0.727. The van der Waals surface area contributed by atoms with Crippen LogP contribution in [0.25, 0.3) is 0 Å². The lowest BCUT2D eigenvalue weighted by Crippen LogP contribution is -2.31. The fourth-order valence-corrected chi connectivity index (χ4v) is 4.09. The molecule has 0 bridgehead atoms. The van der Waals surface area contributed by atoms with Gasteiger partial charge in [-0.3, -0.25) is 0 Å². The van der Waals surface area contributed by atoms with Gasteiger partial charge in [0, 0.05) is 20.2 Å². The van der Waals surface area contributed by atoms with E-state index in [1.54, 1.807) is 32.4 Å². The van der Waals surface area contributed by atoms with Gasteiger partial charge in [-0.1, -0.05) is 6.92 Å². The lowest BCUT2D eigenvalue weighted by Gasteiger charge is -2.25. The highest BCUT2D eigenvalue weighted by Crippen LogP contribution is 2.25. The molecule has 1 fully saturated rings. The number of methoxy groups -OCH3 is 1. The zero-order chi connectivity index (χ0) is 16.9. The predicted molar refractivity (Wildman–Crippen MR) is 90.4 cm³/mol. The zero-order valence-corrected chi connectivity index (χ0v) is 15.1. The molecule has 6 heteroatoms. The summed E-state index contributed by atoms with van der Waals surface area (Å²) < 4.78 is 37.8. The molecule has 2 rings (SSSR count). The number of nitrogens with zero attached hydrogens (tertiary/aromatic N) is 1. The molecule has 5 nitrogen and oxygen atoms in total. The lowest BCUT2D eigenvalue weighted by molar-refractivity contribution is 0.00950. The minimum atomic E-state index is -3.48. The number of aryl methyl sites for hydroxylation is 1. The van der Waals surface area contributed by atoms with E-state index in [0.29, 0.717) is 11.4 Å². The zero-order valence-electron chi connectivity index (χ0n) is 14.2. The monoisotopic (exact) mass is 341 g/mol. The van der Waals surface area contributed by atoms with Crippen LogP contribution < -0.4 is 4.74 Å². The van der Waals surface area contributed by atoms with Crippen LogP contribution in [0.3, 0.4) is 0 Å². The smallest absolute Gasteiger partial charge is 0.242 e. The number of hydrogen-bond acceptors (Lipinski definition) is 4. The van der Waals surface area contributed by atoms with Crippen LogP contribution in [-0.2, 0) is 21.2 Å². The Morgan fingerprint density at radius 2 is 2.13 bits per heavy atom. The Balaban J connectivity index is 2.07. The van der Waals surface area contributed by atoms with Crippen LogP contribution in [0.15, 0.2) is 23.1 Å². The van der Waals surface area contributed by atoms with Crippen molar-refractivity contribution >= 4 is 10.0 Å². The molecule has 0 N–H and O–H groups in total. The van der Waals surface area contributed by atoms with Crippen LogP contribution in [0.1, 0.15) is 38.2 Å². The highest BCUT2D eigenvalue weighted by molar-refractivity contribution is 7.89. The third-order valence-corrected chi connectivity index (χ3v) is 6.23. The summed E-state index contributed by atoms with van der Waals surface area (Å²) >= 11 is 0. The maximum atomic E-state index is 12.7. The van der Waals surface area contributed by atoms with Crippen molar-refractivity contribution in [2.24, 2.45) is 0 Å². The summed E-state index contributed by atoms with van der Waals surface area (Å²) in [6.45, 7) is 3.25. The molecule has 0 amide bonds. The van der Waals surface area contributed by atoms with E-state index < -0.39 is 10.0 Å². The highest BCUT2D eigenvalue weighted by atomic mass is 32.2. The first-order chi connectivity index (χ1) is 11.0. The second-order valence-electron chi connectivity index (χ2n) is 5.93. The van der Waals surface area contributed by atoms with E-state index in [2.05, 4.69) is 0 Å². The largest absolute Gasteiger partial charge is 0.496 e. The standard InChI is InChI=1S/C17H27NO4S/c1-4-14-13-16(8-9-17(14)21-3)23(19,20)18(2)11-10-15-7-5-6-12-22-15/h8-9,13,15H,4-7,10-12H2,1-3H3. The van der Waals surface area contributed by atoms with Gasteiger partial charge in [0.05, 0.1) is 18.1 Å². The van der Waals surface area contributed by atoms with Crippen LogP contribution in [-0.4, -0.2) is 46.1 Å². The van der Waals surface area contributed by atoms with E-state index >= 15 is 0 Å². The van der Waals surface area contributed by atoms with Gasteiger partial charge in [-0.05, 0) is 55.9 Å². The fraction of sp³-hybridized carbons (Fsp3) is 0.647. The van der Waals surface area contributed by atoms with Gasteiger partial charge in [-0.2, -0.15) is 0 Å². The Kier molecular flexibility index (Phi) is 6.44. The summed E-state index contributed by atoms with van der Waals surface area (Å²) in [5, 5.41) is 0. The molecule has 0 radical (unpaired) electrons. The molecule has 0 saturated carbocycles. The summed E-state index contributed by atoms with van der Waals surface area (Å²) in [5.41, 5.74) is 0.901. The average Bonchev–Trinajstić information content (AvgIpc) is 2.59. The van der Waals surface area contributed by atoms with Crippen molar-refractivity contribution in [1.29, 1.82) is 0 Å². The van der Waals surface area contributed by atoms with E-state index in [4.69, 9.17) is 9.47 Å². The van der Waals surface area contributed by atoms with E-state index in [1.807, 2.05) is 6.92 Å². The first kappa shape index (κ1) is 18.2. The number of rotatable bonds is 7. The van der Waals surface area contributed by atoms with E-state index in [9.17, 15) is 8.42 Å². The van der Waals surface area contributed by atoms with Crippen LogP contribution in [0.5, 0.6) is 5.75 Å². The van der Waals surface area contributed by atoms with Crippen LogP contribution in [0.2, 0.25) is 0 Å². The van der Waals surface area contributed by atoms with Gasteiger partial charge < -0.3 is 9.47 Å². The van der Waals surface area contributed by atoms with Crippen molar-refractivity contribution < 1.29 is 17.9 Å². The third-order valence-electron chi connectivity index (χ3n) is 4.38. The van der Waals surface area contributed by atoms with Gasteiger partial charge in [0.1, 0.15) is 5.75 Å². The highest BCUT2D eigenvalue weighted by Gasteiger charge is 2.23. The Bertz CT molecular complexity index is 609. The Morgan fingerprint density at radius 3 is 2.74 bits per heavy atom. The van der Waals surface area contributed by atoms with Crippen LogP contribution >= 0.6 is 0 Å². The quantitative estimate of drug-likeness (QED) is 0.765. The van der Waals surface area contributed by atoms with Gasteiger partial charge >= 0.3 is 0 Å². The minimum Gasteiger partial charge on any atom is -0.496 e. The summed E-state index contributed by atoms with van der Waals surface area (Å²) in [7, 11) is -0.246. The summed E-state index contributed by atoms with van der Waals surface area (Å²) in [4.78, 5) is 0.321. The molecule has 1 aliphatic heterocycles. The van der Waals surface area contributed by atoms with Crippen LogP contribution in [0.4, 0.5) is 0 Å².